The van der Waals surface area contributed by atoms with Crippen molar-refractivity contribution in [1.82, 2.24) is 4.98 Å². The van der Waals surface area contributed by atoms with Crippen LogP contribution in [0.25, 0.3) is 10.2 Å². The van der Waals surface area contributed by atoms with Crippen molar-refractivity contribution >= 4 is 50.9 Å². The highest BCUT2D eigenvalue weighted by atomic mass is 32.2. The summed E-state index contributed by atoms with van der Waals surface area (Å²) in [4.78, 5) is 19.7. The second-order valence-corrected chi connectivity index (χ2v) is 7.22. The summed E-state index contributed by atoms with van der Waals surface area (Å²) in [6, 6.07) is 2.30. The number of nitrogen functional groups attached to an aromatic ring is 1. The number of carbonyl (C=O) groups is 1. The number of anilines is 2. The van der Waals surface area contributed by atoms with Crippen molar-refractivity contribution in [3.8, 4) is 5.06 Å². The minimum absolute atomic E-state index is 0.267. The number of hydrogen-bond acceptors (Lipinski definition) is 8. The van der Waals surface area contributed by atoms with Crippen LogP contribution in [0.3, 0.4) is 0 Å². The zero-order chi connectivity index (χ0) is 16.6. The highest BCUT2D eigenvalue weighted by Gasteiger charge is 2.22. The molecule has 1 amide bonds. The third-order valence-corrected chi connectivity index (χ3v) is 5.63. The molecule has 1 aliphatic heterocycles. The maximum Gasteiger partial charge on any atom is 0.410 e. The van der Waals surface area contributed by atoms with E-state index in [1.807, 2.05) is 12.3 Å². The van der Waals surface area contributed by atoms with Gasteiger partial charge in [-0.1, -0.05) is 11.3 Å². The van der Waals surface area contributed by atoms with Crippen molar-refractivity contribution in [1.29, 1.82) is 0 Å². The molecular weight excluding hydrogens is 334 g/mol. The number of piperidine rings is 1. The first-order valence-corrected chi connectivity index (χ1v) is 9.28. The van der Waals surface area contributed by atoms with Crippen molar-refractivity contribution in [2.45, 2.75) is 23.8 Å². The van der Waals surface area contributed by atoms with Crippen molar-refractivity contribution in [3.63, 3.8) is 0 Å². The van der Waals surface area contributed by atoms with E-state index in [1.165, 1.54) is 11.3 Å². The Morgan fingerprint density at radius 1 is 1.48 bits per heavy atom. The van der Waals surface area contributed by atoms with Gasteiger partial charge in [0, 0.05) is 24.0 Å². The van der Waals surface area contributed by atoms with Crippen LogP contribution in [0.5, 0.6) is 5.06 Å². The van der Waals surface area contributed by atoms with Crippen LogP contribution in [-0.4, -0.2) is 36.5 Å². The van der Waals surface area contributed by atoms with Crippen LogP contribution in [0, 0.1) is 0 Å². The molecule has 6 N–H and O–H groups in total. The molecule has 124 valence electrons. The first kappa shape index (κ1) is 16.2. The third kappa shape index (κ3) is 3.17. The highest BCUT2D eigenvalue weighted by Crippen LogP contribution is 2.44. The van der Waals surface area contributed by atoms with Gasteiger partial charge >= 0.3 is 6.09 Å². The number of primary amides is 1. The predicted molar refractivity (Wildman–Crippen MR) is 95.4 cm³/mol. The van der Waals surface area contributed by atoms with E-state index in [0.29, 0.717) is 10.8 Å². The van der Waals surface area contributed by atoms with Gasteiger partial charge in [0.1, 0.15) is 10.6 Å². The van der Waals surface area contributed by atoms with Crippen LogP contribution in [-0.2, 0) is 0 Å². The molecule has 0 bridgehead atoms. The molecule has 2 aromatic heterocycles. The summed E-state index contributed by atoms with van der Waals surface area (Å²) >= 11 is 2.82. The van der Waals surface area contributed by atoms with E-state index in [4.69, 9.17) is 26.9 Å². The lowest BCUT2D eigenvalue weighted by molar-refractivity contribution is 0.212. The number of rotatable bonds is 3. The number of nitrogens with two attached hydrogens (primary N) is 3. The van der Waals surface area contributed by atoms with Gasteiger partial charge in [0.05, 0.1) is 11.1 Å². The first-order valence-electron chi connectivity index (χ1n) is 7.24. The molecule has 2 aromatic rings. The van der Waals surface area contributed by atoms with Crippen LogP contribution >= 0.6 is 23.1 Å². The number of hydrogen-bond donors (Lipinski definition) is 3. The third-order valence-electron chi connectivity index (χ3n) is 3.89. The molecule has 1 aliphatic rings. The maximum atomic E-state index is 11.0. The molecule has 1 fully saturated rings. The molecular formula is C14H19N5O2S2. The lowest BCUT2D eigenvalue weighted by Crippen LogP contribution is -2.40. The van der Waals surface area contributed by atoms with E-state index in [0.717, 1.165) is 46.9 Å². The fourth-order valence-electron chi connectivity index (χ4n) is 2.67. The summed E-state index contributed by atoms with van der Waals surface area (Å²) in [6.45, 7) is 1.78. The van der Waals surface area contributed by atoms with Crippen LogP contribution in [0.15, 0.2) is 11.0 Å². The second kappa shape index (κ2) is 6.42. The number of amides is 1. The highest BCUT2D eigenvalue weighted by molar-refractivity contribution is 7.98. The van der Waals surface area contributed by atoms with Crippen molar-refractivity contribution < 1.29 is 9.53 Å². The zero-order valence-corrected chi connectivity index (χ0v) is 14.4. The van der Waals surface area contributed by atoms with Gasteiger partial charge in [-0.15, -0.1) is 11.8 Å². The summed E-state index contributed by atoms with van der Waals surface area (Å²) in [5.74, 6) is 0.903. The number of thioether (sulfide) groups is 1. The van der Waals surface area contributed by atoms with Gasteiger partial charge in [0.2, 0.25) is 5.06 Å². The van der Waals surface area contributed by atoms with Gasteiger partial charge in [0.25, 0.3) is 0 Å². The summed E-state index contributed by atoms with van der Waals surface area (Å²) < 4.78 is 4.98. The lowest BCUT2D eigenvalue weighted by atomic mass is 10.1. The summed E-state index contributed by atoms with van der Waals surface area (Å²) in [5.41, 5.74) is 17.6. The quantitative estimate of drug-likeness (QED) is 0.721. The molecule has 0 atom stereocenters. The monoisotopic (exact) mass is 353 g/mol. The lowest BCUT2D eigenvalue weighted by Gasteiger charge is -2.31. The average Bonchev–Trinajstić information content (AvgIpc) is 2.82. The van der Waals surface area contributed by atoms with Gasteiger partial charge in [0.15, 0.2) is 0 Å². The van der Waals surface area contributed by atoms with Crippen molar-refractivity contribution in [3.05, 3.63) is 6.07 Å². The number of thiophene rings is 1. The number of ether oxygens (including phenoxy) is 1. The Hall–Kier alpha value is -1.71. The molecule has 0 radical (unpaired) electrons. The molecule has 0 unspecified atom stereocenters. The van der Waals surface area contributed by atoms with Crippen LogP contribution in [0.4, 0.5) is 16.3 Å². The summed E-state index contributed by atoms with van der Waals surface area (Å²) in [6.07, 6.45) is 3.02. The van der Waals surface area contributed by atoms with E-state index in [-0.39, 0.29) is 6.04 Å². The first-order chi connectivity index (χ1) is 11.0. The molecule has 3 rings (SSSR count). The number of carbonyl (C=O) groups excluding carboxylic acids is 1. The number of pyridine rings is 1. The number of nitrogens with zero attached hydrogens (tertiary/aromatic N) is 2. The Kier molecular flexibility index (Phi) is 4.51. The van der Waals surface area contributed by atoms with Gasteiger partial charge in [-0.05, 0) is 25.2 Å². The number of aromatic nitrogens is 1. The van der Waals surface area contributed by atoms with E-state index in [2.05, 4.69) is 4.90 Å². The van der Waals surface area contributed by atoms with E-state index < -0.39 is 6.09 Å². The Morgan fingerprint density at radius 3 is 2.78 bits per heavy atom. The standard InChI is InChI=1S/C14H19N5O2S2/c1-22-8-6-9(19-4-2-7(15)3-5-19)18-12-10(8)11(16)13(23-12)21-14(17)20/h6-7H,2-5,15-16H2,1H3,(H2,17,20). The largest absolute Gasteiger partial charge is 0.410 e. The topological polar surface area (TPSA) is 120 Å². The Morgan fingerprint density at radius 2 is 2.17 bits per heavy atom. The molecule has 3 heterocycles. The molecule has 0 spiro atoms. The summed E-state index contributed by atoms with van der Waals surface area (Å²) in [5, 5.41) is 1.12. The van der Waals surface area contributed by atoms with Gasteiger partial charge in [-0.2, -0.15) is 0 Å². The fourth-order valence-corrected chi connectivity index (χ4v) is 4.34. The van der Waals surface area contributed by atoms with Crippen LogP contribution in [0.2, 0.25) is 0 Å². The normalized spacial score (nSPS) is 16.0. The minimum Gasteiger partial charge on any atom is -0.397 e. The molecule has 0 aliphatic carbocycles. The van der Waals surface area contributed by atoms with Gasteiger partial charge in [-0.25, -0.2) is 9.78 Å². The molecule has 0 saturated carbocycles. The minimum atomic E-state index is -0.876. The van der Waals surface area contributed by atoms with Crippen molar-refractivity contribution in [2.24, 2.45) is 11.5 Å². The number of fused-ring (bicyclic) bond motifs is 1. The van der Waals surface area contributed by atoms with Crippen LogP contribution < -0.4 is 26.8 Å². The van der Waals surface area contributed by atoms with E-state index in [9.17, 15) is 4.79 Å². The molecule has 0 aromatic carbocycles. The maximum absolute atomic E-state index is 11.0. The fraction of sp³-hybridized carbons (Fsp3) is 0.429. The summed E-state index contributed by atoms with van der Waals surface area (Å²) in [7, 11) is 0. The molecule has 23 heavy (non-hydrogen) atoms. The molecule has 1 saturated heterocycles. The van der Waals surface area contributed by atoms with Crippen molar-refractivity contribution in [2.75, 3.05) is 30.0 Å². The Labute approximate surface area is 142 Å². The molecule has 7 nitrogen and oxygen atoms in total. The van der Waals surface area contributed by atoms with Gasteiger partial charge < -0.3 is 26.8 Å². The van der Waals surface area contributed by atoms with E-state index in [1.54, 1.807) is 11.8 Å². The zero-order valence-electron chi connectivity index (χ0n) is 12.7. The second-order valence-electron chi connectivity index (χ2n) is 5.41. The predicted octanol–water partition coefficient (Wildman–Crippen LogP) is 1.99. The molecule has 9 heteroatoms. The average molecular weight is 353 g/mol. The Balaban J connectivity index is 2.03. The Bertz CT molecular complexity index is 740. The van der Waals surface area contributed by atoms with E-state index >= 15 is 0 Å². The van der Waals surface area contributed by atoms with Gasteiger partial charge in [-0.3, -0.25) is 0 Å². The van der Waals surface area contributed by atoms with Crippen LogP contribution in [0.1, 0.15) is 12.8 Å². The SMILES string of the molecule is CSc1cc(N2CCC(N)CC2)nc2sc(OC(N)=O)c(N)c12. The smallest absolute Gasteiger partial charge is 0.397 e.